The maximum absolute atomic E-state index is 6.23. The van der Waals surface area contributed by atoms with Gasteiger partial charge in [0.15, 0.2) is 0 Å². The number of para-hydroxylation sites is 2. The predicted octanol–water partition coefficient (Wildman–Crippen LogP) is 10.5. The van der Waals surface area contributed by atoms with Crippen molar-refractivity contribution in [2.24, 2.45) is 0 Å². The van der Waals surface area contributed by atoms with Gasteiger partial charge < -0.3 is 4.74 Å². The fourth-order valence-corrected chi connectivity index (χ4v) is 7.75. The summed E-state index contributed by atoms with van der Waals surface area (Å²) in [6.45, 7) is 0. The number of thiophene rings is 1. The average molecular weight is 568 g/mol. The lowest BCUT2D eigenvalue weighted by Gasteiger charge is -2.20. The van der Waals surface area contributed by atoms with Crippen molar-refractivity contribution in [3.63, 3.8) is 0 Å². The van der Waals surface area contributed by atoms with Crippen molar-refractivity contribution >= 4 is 64.2 Å². The van der Waals surface area contributed by atoms with Crippen molar-refractivity contribution in [2.45, 2.75) is 0 Å². The van der Waals surface area contributed by atoms with Crippen LogP contribution in [0.15, 0.2) is 127 Å². The summed E-state index contributed by atoms with van der Waals surface area (Å²) in [6.07, 6.45) is 0. The Hall–Kier alpha value is -5.52. The van der Waals surface area contributed by atoms with Crippen LogP contribution < -0.4 is 4.74 Å². The third kappa shape index (κ3) is 3.25. The molecule has 0 amide bonds. The lowest BCUT2D eigenvalue weighted by atomic mass is 10.0. The highest BCUT2D eigenvalue weighted by Crippen LogP contribution is 2.45. The summed E-state index contributed by atoms with van der Waals surface area (Å²) in [4.78, 5) is 10.3. The van der Waals surface area contributed by atoms with Gasteiger partial charge in [0.05, 0.1) is 27.6 Å². The van der Waals surface area contributed by atoms with E-state index in [0.717, 1.165) is 44.7 Å². The highest BCUT2D eigenvalue weighted by atomic mass is 32.1. The molecular weight excluding hydrogens is 547 g/mol. The lowest BCUT2D eigenvalue weighted by Crippen LogP contribution is -2.06. The maximum Gasteiger partial charge on any atom is 0.235 e. The van der Waals surface area contributed by atoms with Gasteiger partial charge in [0.1, 0.15) is 11.5 Å². The minimum absolute atomic E-state index is 0.654. The van der Waals surface area contributed by atoms with Crippen LogP contribution in [0.3, 0.4) is 0 Å². The highest BCUT2D eigenvalue weighted by Gasteiger charge is 2.24. The molecule has 4 heterocycles. The molecule has 0 saturated heterocycles. The normalized spacial score (nSPS) is 12.4. The molecule has 0 unspecified atom stereocenters. The van der Waals surface area contributed by atoms with Crippen molar-refractivity contribution < 1.29 is 4.74 Å². The first-order chi connectivity index (χ1) is 21.3. The van der Waals surface area contributed by atoms with Crippen LogP contribution in [0.2, 0.25) is 0 Å². The Morgan fingerprint density at radius 2 is 1.26 bits per heavy atom. The molecule has 10 rings (SSSR count). The average Bonchev–Trinajstić information content (AvgIpc) is 3.60. The van der Waals surface area contributed by atoms with Gasteiger partial charge in [-0.3, -0.25) is 4.57 Å². The van der Waals surface area contributed by atoms with Crippen LogP contribution >= 0.6 is 11.3 Å². The van der Waals surface area contributed by atoms with Crippen molar-refractivity contribution in [2.75, 3.05) is 0 Å². The number of hydrogen-bond donors (Lipinski definition) is 0. The van der Waals surface area contributed by atoms with Crippen LogP contribution in [0.1, 0.15) is 0 Å². The smallest absolute Gasteiger partial charge is 0.235 e. The summed E-state index contributed by atoms with van der Waals surface area (Å²) >= 11 is 1.85. The molecule has 0 radical (unpaired) electrons. The van der Waals surface area contributed by atoms with Gasteiger partial charge in [0, 0.05) is 36.5 Å². The molecule has 6 aromatic carbocycles. The Morgan fingerprint density at radius 1 is 0.535 bits per heavy atom. The Bertz CT molecular complexity index is 2610. The van der Waals surface area contributed by atoms with Gasteiger partial charge in [-0.25, -0.2) is 9.97 Å². The predicted molar refractivity (Wildman–Crippen MR) is 178 cm³/mol. The van der Waals surface area contributed by atoms with Crippen molar-refractivity contribution in [3.05, 3.63) is 127 Å². The molecule has 0 bridgehead atoms. The van der Waals surface area contributed by atoms with Crippen molar-refractivity contribution in [1.82, 2.24) is 14.5 Å². The molecule has 200 valence electrons. The Morgan fingerprint density at radius 3 is 2.21 bits per heavy atom. The van der Waals surface area contributed by atoms with Gasteiger partial charge in [-0.2, -0.15) is 0 Å². The van der Waals surface area contributed by atoms with E-state index in [9.17, 15) is 0 Å². The van der Waals surface area contributed by atoms with Gasteiger partial charge in [-0.05, 0) is 71.8 Å². The number of rotatable bonds is 2. The van der Waals surface area contributed by atoms with Crippen LogP contribution in [0.5, 0.6) is 11.5 Å². The summed E-state index contributed by atoms with van der Waals surface area (Å²) in [5, 5.41) is 5.93. The first-order valence-corrected chi connectivity index (χ1v) is 15.2. The number of benzene rings is 6. The van der Waals surface area contributed by atoms with Crippen LogP contribution in [-0.2, 0) is 0 Å². The van der Waals surface area contributed by atoms with Gasteiger partial charge >= 0.3 is 0 Å². The number of fused-ring (bicyclic) bond motifs is 8. The number of hydrogen-bond acceptors (Lipinski definition) is 4. The third-order valence-electron chi connectivity index (χ3n) is 8.62. The second-order valence-electron chi connectivity index (χ2n) is 11.0. The van der Waals surface area contributed by atoms with Gasteiger partial charge in [0.25, 0.3) is 0 Å². The van der Waals surface area contributed by atoms with Crippen molar-refractivity contribution in [1.29, 1.82) is 0 Å². The second kappa shape index (κ2) is 8.51. The summed E-state index contributed by atoms with van der Waals surface area (Å²) in [5.74, 6) is 2.26. The maximum atomic E-state index is 6.23. The van der Waals surface area contributed by atoms with Gasteiger partial charge in [-0.15, -0.1) is 11.3 Å². The van der Waals surface area contributed by atoms with E-state index in [4.69, 9.17) is 14.7 Å². The standard InChI is InChI=1S/C38H21N3OS/c1-4-12-30-24(8-1)27-20-22(23-17-19-35-28(21-23)25-9-3-6-15-34(25)43-35)16-18-31(27)41(30)38-39-29-11-7-14-33-36(29)37(40-38)26-10-2-5-13-32(26)42-33/h1-21H. The van der Waals surface area contributed by atoms with Crippen LogP contribution in [0, 0.1) is 0 Å². The topological polar surface area (TPSA) is 39.9 Å². The summed E-state index contributed by atoms with van der Waals surface area (Å²) < 4.78 is 11.1. The molecule has 43 heavy (non-hydrogen) atoms. The highest BCUT2D eigenvalue weighted by molar-refractivity contribution is 7.25. The lowest BCUT2D eigenvalue weighted by molar-refractivity contribution is 0.486. The zero-order chi connectivity index (χ0) is 28.1. The molecule has 0 fully saturated rings. The first kappa shape index (κ1) is 23.1. The molecule has 0 saturated carbocycles. The summed E-state index contributed by atoms with van der Waals surface area (Å²) in [6, 6.07) is 44.9. The molecule has 3 aromatic heterocycles. The SMILES string of the molecule is c1ccc2c(c1)Oc1cccc3nc(-n4c5ccccc5c5cc(-c6ccc7sc8ccccc8c7c6)ccc54)nc-2c13. The Labute approximate surface area is 250 Å². The summed E-state index contributed by atoms with van der Waals surface area (Å²) in [5.41, 5.74) is 7.31. The summed E-state index contributed by atoms with van der Waals surface area (Å²) in [7, 11) is 0. The van der Waals surface area contributed by atoms with Gasteiger partial charge in [0.2, 0.25) is 5.95 Å². The van der Waals surface area contributed by atoms with Crippen LogP contribution in [0.25, 0.3) is 81.2 Å². The largest absolute Gasteiger partial charge is 0.456 e. The fourth-order valence-electron chi connectivity index (χ4n) is 6.66. The molecule has 0 N–H and O–H groups in total. The molecule has 0 aliphatic carbocycles. The van der Waals surface area contributed by atoms with Crippen molar-refractivity contribution in [3.8, 4) is 39.8 Å². The number of ether oxygens (including phenoxy) is 1. The second-order valence-corrected chi connectivity index (χ2v) is 12.1. The monoisotopic (exact) mass is 567 g/mol. The quantitative estimate of drug-likeness (QED) is 0.209. The fraction of sp³-hybridized carbons (Fsp3) is 0. The van der Waals surface area contributed by atoms with E-state index in [2.05, 4.69) is 95.6 Å². The minimum atomic E-state index is 0.654. The first-order valence-electron chi connectivity index (χ1n) is 14.3. The zero-order valence-corrected chi connectivity index (χ0v) is 23.6. The molecule has 5 heteroatoms. The number of aromatic nitrogens is 3. The molecule has 0 atom stereocenters. The van der Waals surface area contributed by atoms with Crippen LogP contribution in [0.4, 0.5) is 0 Å². The van der Waals surface area contributed by atoms with E-state index in [1.807, 2.05) is 47.7 Å². The van der Waals surface area contributed by atoms with Crippen LogP contribution in [-0.4, -0.2) is 14.5 Å². The van der Waals surface area contributed by atoms with E-state index in [-0.39, 0.29) is 0 Å². The Balaban J connectivity index is 1.22. The molecule has 4 nitrogen and oxygen atoms in total. The van der Waals surface area contributed by atoms with E-state index in [0.29, 0.717) is 5.95 Å². The van der Waals surface area contributed by atoms with E-state index in [1.54, 1.807) is 0 Å². The molecule has 0 spiro atoms. The van der Waals surface area contributed by atoms with E-state index < -0.39 is 0 Å². The molecule has 9 aromatic rings. The molecule has 1 aliphatic heterocycles. The third-order valence-corrected chi connectivity index (χ3v) is 9.77. The Kier molecular flexibility index (Phi) is 4.57. The zero-order valence-electron chi connectivity index (χ0n) is 22.8. The molecule has 1 aliphatic rings. The minimum Gasteiger partial charge on any atom is -0.456 e. The van der Waals surface area contributed by atoms with E-state index in [1.165, 1.54) is 42.1 Å². The van der Waals surface area contributed by atoms with Gasteiger partial charge in [-0.1, -0.05) is 66.7 Å². The van der Waals surface area contributed by atoms with E-state index >= 15 is 0 Å². The molecular formula is C38H21N3OS. The number of nitrogens with zero attached hydrogens (tertiary/aromatic N) is 3.